The number of ether oxygens (including phenoxy) is 1. The highest BCUT2D eigenvalue weighted by atomic mass is 16.5. The number of carbonyl (C=O) groups is 1. The van der Waals surface area contributed by atoms with Crippen molar-refractivity contribution in [3.8, 4) is 0 Å². The Labute approximate surface area is 146 Å². The molecule has 0 radical (unpaired) electrons. The van der Waals surface area contributed by atoms with Gasteiger partial charge < -0.3 is 10.1 Å². The molecule has 2 aliphatic rings. The van der Waals surface area contributed by atoms with Crippen molar-refractivity contribution < 1.29 is 9.53 Å². The van der Waals surface area contributed by atoms with Crippen molar-refractivity contribution in [1.29, 1.82) is 0 Å². The zero-order chi connectivity index (χ0) is 17.2. The van der Waals surface area contributed by atoms with Crippen LogP contribution in [-0.2, 0) is 22.5 Å². The Kier molecular flexibility index (Phi) is 4.28. The van der Waals surface area contributed by atoms with Crippen LogP contribution >= 0.6 is 0 Å². The van der Waals surface area contributed by atoms with E-state index in [1.165, 1.54) is 0 Å². The number of rotatable bonds is 5. The molecule has 6 heteroatoms. The van der Waals surface area contributed by atoms with Crippen LogP contribution in [0.1, 0.15) is 34.5 Å². The van der Waals surface area contributed by atoms with Crippen molar-refractivity contribution in [2.45, 2.75) is 32.4 Å². The maximum absolute atomic E-state index is 12.0. The maximum Gasteiger partial charge on any atom is 0.226 e. The van der Waals surface area contributed by atoms with Crippen LogP contribution < -0.4 is 5.32 Å². The molecule has 0 aromatic carbocycles. The third-order valence-electron chi connectivity index (χ3n) is 4.54. The van der Waals surface area contributed by atoms with Crippen molar-refractivity contribution >= 4 is 11.6 Å². The van der Waals surface area contributed by atoms with Crippen LogP contribution in [0.25, 0.3) is 0 Å². The van der Waals surface area contributed by atoms with Crippen LogP contribution in [0, 0.1) is 6.92 Å². The van der Waals surface area contributed by atoms with Gasteiger partial charge in [0.2, 0.25) is 5.91 Å². The zero-order valence-electron chi connectivity index (χ0n) is 14.2. The topological polar surface area (TPSA) is 76.5 Å². The van der Waals surface area contributed by atoms with Crippen LogP contribution in [-0.4, -0.2) is 40.8 Å². The van der Waals surface area contributed by atoms with Gasteiger partial charge in [0.1, 0.15) is 0 Å². The number of aromatic nitrogens is 2. The van der Waals surface area contributed by atoms with Crippen LogP contribution in [0.3, 0.4) is 0 Å². The monoisotopic (exact) mass is 336 g/mol. The Morgan fingerprint density at radius 3 is 3.00 bits per heavy atom. The molecule has 128 valence electrons. The lowest BCUT2D eigenvalue weighted by molar-refractivity contribution is -0.122. The summed E-state index contributed by atoms with van der Waals surface area (Å²) in [7, 11) is 0. The van der Waals surface area contributed by atoms with Gasteiger partial charge in [-0.3, -0.25) is 19.8 Å². The lowest BCUT2D eigenvalue weighted by atomic mass is 10.0. The van der Waals surface area contributed by atoms with Crippen LogP contribution in [0.15, 0.2) is 35.6 Å². The fourth-order valence-electron chi connectivity index (χ4n) is 3.08. The van der Waals surface area contributed by atoms with Crippen molar-refractivity contribution in [2.75, 3.05) is 13.2 Å². The second kappa shape index (κ2) is 6.72. The van der Waals surface area contributed by atoms with Crippen molar-refractivity contribution in [1.82, 2.24) is 15.3 Å². The maximum atomic E-state index is 12.0. The summed E-state index contributed by atoms with van der Waals surface area (Å²) in [6.45, 7) is 3.97. The molecule has 0 saturated carbocycles. The zero-order valence-corrected chi connectivity index (χ0v) is 14.2. The van der Waals surface area contributed by atoms with E-state index in [0.29, 0.717) is 13.1 Å². The van der Waals surface area contributed by atoms with E-state index in [1.807, 2.05) is 31.3 Å². The number of aliphatic imine (C=N–C) groups is 1. The molecule has 0 spiro atoms. The Bertz CT molecular complexity index is 843. The molecule has 0 aliphatic carbocycles. The summed E-state index contributed by atoms with van der Waals surface area (Å²) >= 11 is 0. The second-order valence-electron chi connectivity index (χ2n) is 6.45. The molecular formula is C19H20N4O2. The summed E-state index contributed by atoms with van der Waals surface area (Å²) in [6.07, 6.45) is 5.10. The number of hydrogen-bond acceptors (Lipinski definition) is 5. The third kappa shape index (κ3) is 3.44. The first-order valence-corrected chi connectivity index (χ1v) is 8.53. The molecule has 25 heavy (non-hydrogen) atoms. The number of aryl methyl sites for hydroxylation is 1. The number of nitrogens with one attached hydrogen (secondary N) is 1. The van der Waals surface area contributed by atoms with E-state index in [1.54, 1.807) is 6.20 Å². The van der Waals surface area contributed by atoms with E-state index in [2.05, 4.69) is 20.3 Å². The van der Waals surface area contributed by atoms with E-state index in [9.17, 15) is 4.79 Å². The quantitative estimate of drug-likeness (QED) is 0.899. The first-order valence-electron chi connectivity index (χ1n) is 8.53. The Morgan fingerprint density at radius 2 is 2.24 bits per heavy atom. The van der Waals surface area contributed by atoms with Gasteiger partial charge in [-0.05, 0) is 37.1 Å². The molecule has 2 aromatic heterocycles. The van der Waals surface area contributed by atoms with Gasteiger partial charge >= 0.3 is 0 Å². The predicted molar refractivity (Wildman–Crippen MR) is 93.6 cm³/mol. The van der Waals surface area contributed by atoms with Crippen molar-refractivity contribution in [3.05, 3.63) is 58.7 Å². The average Bonchev–Trinajstić information content (AvgIpc) is 2.96. The Balaban J connectivity index is 1.44. The van der Waals surface area contributed by atoms with Crippen molar-refractivity contribution in [2.24, 2.45) is 4.99 Å². The molecular weight excluding hydrogens is 316 g/mol. The van der Waals surface area contributed by atoms with Gasteiger partial charge in [-0.1, -0.05) is 0 Å². The standard InChI is InChI=1S/C19H20N4O2/c1-12-6-13(2-4-20-12)19-17-11-21-15(7-14(17)9-23-19)8-18(24)22-10-16-3-5-25-16/h2,4,6-7,11,16H,3,5,8-10H2,1H3,(H,22,24). The molecule has 1 amide bonds. The van der Waals surface area contributed by atoms with Crippen LogP contribution in [0.4, 0.5) is 0 Å². The summed E-state index contributed by atoms with van der Waals surface area (Å²) in [5.74, 6) is -0.0214. The summed E-state index contributed by atoms with van der Waals surface area (Å²) in [6, 6.07) is 5.97. The minimum atomic E-state index is -0.0214. The lowest BCUT2D eigenvalue weighted by Crippen LogP contribution is -2.40. The molecule has 4 heterocycles. The third-order valence-corrected chi connectivity index (χ3v) is 4.54. The second-order valence-corrected chi connectivity index (χ2v) is 6.45. The summed E-state index contributed by atoms with van der Waals surface area (Å²) in [4.78, 5) is 25.4. The average molecular weight is 336 g/mol. The highest BCUT2D eigenvalue weighted by Crippen LogP contribution is 2.23. The van der Waals surface area contributed by atoms with Gasteiger partial charge in [0, 0.05) is 42.4 Å². The van der Waals surface area contributed by atoms with Crippen molar-refractivity contribution in [3.63, 3.8) is 0 Å². The fraction of sp³-hybridized carbons (Fsp3) is 0.368. The molecule has 0 bridgehead atoms. The molecule has 6 nitrogen and oxygen atoms in total. The fourth-order valence-corrected chi connectivity index (χ4v) is 3.08. The smallest absolute Gasteiger partial charge is 0.226 e. The summed E-state index contributed by atoms with van der Waals surface area (Å²) in [5, 5.41) is 2.90. The summed E-state index contributed by atoms with van der Waals surface area (Å²) in [5.41, 5.74) is 5.89. The van der Waals surface area contributed by atoms with Crippen LogP contribution in [0.5, 0.6) is 0 Å². The molecule has 1 N–H and O–H groups in total. The number of nitrogens with zero attached hydrogens (tertiary/aromatic N) is 3. The summed E-state index contributed by atoms with van der Waals surface area (Å²) < 4.78 is 5.30. The molecule has 1 unspecified atom stereocenters. The molecule has 1 saturated heterocycles. The largest absolute Gasteiger partial charge is 0.376 e. The molecule has 1 atom stereocenters. The van der Waals surface area contributed by atoms with Gasteiger partial charge in [-0.2, -0.15) is 0 Å². The van der Waals surface area contributed by atoms with E-state index in [0.717, 1.165) is 46.8 Å². The number of fused-ring (bicyclic) bond motifs is 1. The SMILES string of the molecule is Cc1cc(C2=NCc3cc(CC(=O)NCC4CCO4)ncc32)ccn1. The van der Waals surface area contributed by atoms with E-state index in [-0.39, 0.29) is 18.4 Å². The van der Waals surface area contributed by atoms with Gasteiger partial charge in [0.15, 0.2) is 0 Å². The number of carbonyl (C=O) groups excluding carboxylic acids is 1. The molecule has 4 rings (SSSR count). The Morgan fingerprint density at radius 1 is 1.36 bits per heavy atom. The van der Waals surface area contributed by atoms with E-state index in [4.69, 9.17) is 4.74 Å². The minimum absolute atomic E-state index is 0.0214. The number of pyridine rings is 2. The number of amides is 1. The molecule has 2 aromatic rings. The molecule has 2 aliphatic heterocycles. The first-order chi connectivity index (χ1) is 12.2. The highest BCUT2D eigenvalue weighted by Gasteiger charge is 2.21. The van der Waals surface area contributed by atoms with Gasteiger partial charge in [-0.15, -0.1) is 0 Å². The van der Waals surface area contributed by atoms with Gasteiger partial charge in [0.05, 0.1) is 30.5 Å². The van der Waals surface area contributed by atoms with E-state index < -0.39 is 0 Å². The lowest BCUT2D eigenvalue weighted by Gasteiger charge is -2.26. The first kappa shape index (κ1) is 15.9. The van der Waals surface area contributed by atoms with E-state index >= 15 is 0 Å². The molecule has 1 fully saturated rings. The predicted octanol–water partition coefficient (Wildman–Crippen LogP) is 1.58. The highest BCUT2D eigenvalue weighted by molar-refractivity contribution is 6.15. The number of hydrogen-bond donors (Lipinski definition) is 1. The van der Waals surface area contributed by atoms with Gasteiger partial charge in [-0.25, -0.2) is 0 Å². The van der Waals surface area contributed by atoms with Crippen LogP contribution in [0.2, 0.25) is 0 Å². The van der Waals surface area contributed by atoms with Gasteiger partial charge in [0.25, 0.3) is 0 Å². The Hall–Kier alpha value is -2.60. The normalized spacial score (nSPS) is 18.3. The minimum Gasteiger partial charge on any atom is -0.376 e.